The SMILES string of the molecule is CCCNC1COCC1C(=O)Cc1ccccc1C. The molecule has 1 aliphatic heterocycles. The number of Topliss-reactive ketones (excluding diaryl/α,β-unsaturated/α-hetero) is 1. The largest absolute Gasteiger partial charge is 0.379 e. The van der Waals surface area contributed by atoms with Crippen molar-refractivity contribution in [2.45, 2.75) is 32.7 Å². The van der Waals surface area contributed by atoms with Gasteiger partial charge in [-0.15, -0.1) is 0 Å². The van der Waals surface area contributed by atoms with Gasteiger partial charge in [-0.2, -0.15) is 0 Å². The van der Waals surface area contributed by atoms with Crippen molar-refractivity contribution in [3.63, 3.8) is 0 Å². The fraction of sp³-hybridized carbons (Fsp3) is 0.562. The Bertz CT molecular complexity index is 431. The van der Waals surface area contributed by atoms with Crippen LogP contribution < -0.4 is 5.32 Å². The number of benzene rings is 1. The van der Waals surface area contributed by atoms with Crippen molar-refractivity contribution < 1.29 is 9.53 Å². The fourth-order valence-corrected chi connectivity index (χ4v) is 2.53. The van der Waals surface area contributed by atoms with Crippen LogP contribution in [0.4, 0.5) is 0 Å². The van der Waals surface area contributed by atoms with Crippen LogP contribution in [-0.2, 0) is 16.0 Å². The zero-order valence-corrected chi connectivity index (χ0v) is 11.8. The minimum atomic E-state index is 0.00570. The van der Waals surface area contributed by atoms with Crippen LogP contribution in [0.15, 0.2) is 24.3 Å². The molecule has 0 aromatic heterocycles. The lowest BCUT2D eigenvalue weighted by Crippen LogP contribution is -2.40. The molecule has 1 saturated heterocycles. The van der Waals surface area contributed by atoms with Crippen LogP contribution in [0, 0.1) is 12.8 Å². The second kappa shape index (κ2) is 6.83. The molecule has 19 heavy (non-hydrogen) atoms. The van der Waals surface area contributed by atoms with Crippen molar-refractivity contribution in [3.05, 3.63) is 35.4 Å². The summed E-state index contributed by atoms with van der Waals surface area (Å²) in [4.78, 5) is 12.4. The molecule has 0 radical (unpaired) electrons. The van der Waals surface area contributed by atoms with E-state index in [2.05, 4.69) is 25.2 Å². The predicted molar refractivity (Wildman–Crippen MR) is 76.3 cm³/mol. The van der Waals surface area contributed by atoms with Crippen molar-refractivity contribution in [2.75, 3.05) is 19.8 Å². The summed E-state index contributed by atoms with van der Waals surface area (Å²) in [6.07, 6.45) is 1.60. The maximum atomic E-state index is 12.4. The summed E-state index contributed by atoms with van der Waals surface area (Å²) in [7, 11) is 0. The summed E-state index contributed by atoms with van der Waals surface area (Å²) in [6, 6.07) is 8.29. The van der Waals surface area contributed by atoms with E-state index in [4.69, 9.17) is 4.74 Å². The lowest BCUT2D eigenvalue weighted by atomic mass is 9.92. The normalized spacial score (nSPS) is 22.6. The Kier molecular flexibility index (Phi) is 5.11. The quantitative estimate of drug-likeness (QED) is 0.852. The molecule has 0 spiro atoms. The van der Waals surface area contributed by atoms with E-state index in [0.29, 0.717) is 25.4 Å². The maximum Gasteiger partial charge on any atom is 0.144 e. The minimum absolute atomic E-state index is 0.00570. The number of ketones is 1. The molecule has 1 heterocycles. The Labute approximate surface area is 115 Å². The summed E-state index contributed by atoms with van der Waals surface area (Å²) in [5.74, 6) is 0.298. The molecule has 1 aliphatic rings. The third-order valence-electron chi connectivity index (χ3n) is 3.78. The molecule has 2 unspecified atom stereocenters. The summed E-state index contributed by atoms with van der Waals surface area (Å²) >= 11 is 0. The lowest BCUT2D eigenvalue weighted by Gasteiger charge is -2.18. The average Bonchev–Trinajstić information content (AvgIpc) is 2.87. The van der Waals surface area contributed by atoms with Crippen LogP contribution in [0.5, 0.6) is 0 Å². The highest BCUT2D eigenvalue weighted by Gasteiger charge is 2.33. The highest BCUT2D eigenvalue weighted by atomic mass is 16.5. The topological polar surface area (TPSA) is 38.3 Å². The summed E-state index contributed by atoms with van der Waals surface area (Å²) in [6.45, 7) is 6.35. The number of carbonyl (C=O) groups is 1. The van der Waals surface area contributed by atoms with Gasteiger partial charge in [-0.3, -0.25) is 4.79 Å². The van der Waals surface area contributed by atoms with E-state index < -0.39 is 0 Å². The Morgan fingerprint density at radius 3 is 2.89 bits per heavy atom. The molecule has 1 aromatic carbocycles. The first-order chi connectivity index (χ1) is 9.22. The highest BCUT2D eigenvalue weighted by Crippen LogP contribution is 2.18. The van der Waals surface area contributed by atoms with Crippen molar-refractivity contribution in [1.29, 1.82) is 0 Å². The van der Waals surface area contributed by atoms with Crippen LogP contribution in [0.3, 0.4) is 0 Å². The monoisotopic (exact) mass is 261 g/mol. The molecule has 3 nitrogen and oxygen atoms in total. The predicted octanol–water partition coefficient (Wildman–Crippen LogP) is 2.12. The molecule has 104 valence electrons. The minimum Gasteiger partial charge on any atom is -0.379 e. The van der Waals surface area contributed by atoms with E-state index in [1.165, 1.54) is 5.56 Å². The Balaban J connectivity index is 1.97. The van der Waals surface area contributed by atoms with E-state index in [9.17, 15) is 4.79 Å². The molecular weight excluding hydrogens is 238 g/mol. The third kappa shape index (κ3) is 3.64. The number of aryl methyl sites for hydroxylation is 1. The average molecular weight is 261 g/mol. The van der Waals surface area contributed by atoms with E-state index in [0.717, 1.165) is 18.5 Å². The van der Waals surface area contributed by atoms with Gasteiger partial charge in [-0.05, 0) is 31.0 Å². The molecule has 3 heteroatoms. The first-order valence-corrected chi connectivity index (χ1v) is 7.10. The summed E-state index contributed by atoms with van der Waals surface area (Å²) in [5, 5.41) is 3.42. The van der Waals surface area contributed by atoms with E-state index in [1.54, 1.807) is 0 Å². The second-order valence-electron chi connectivity index (χ2n) is 5.27. The van der Waals surface area contributed by atoms with Crippen LogP contribution in [0.2, 0.25) is 0 Å². The Hall–Kier alpha value is -1.19. The number of rotatable bonds is 6. The van der Waals surface area contributed by atoms with Gasteiger partial charge in [0.1, 0.15) is 5.78 Å². The van der Waals surface area contributed by atoms with Gasteiger partial charge < -0.3 is 10.1 Å². The first-order valence-electron chi connectivity index (χ1n) is 7.10. The van der Waals surface area contributed by atoms with E-state index >= 15 is 0 Å². The third-order valence-corrected chi connectivity index (χ3v) is 3.78. The molecule has 1 aromatic rings. The van der Waals surface area contributed by atoms with Crippen LogP contribution >= 0.6 is 0 Å². The zero-order chi connectivity index (χ0) is 13.7. The van der Waals surface area contributed by atoms with Gasteiger partial charge in [0.05, 0.1) is 19.1 Å². The van der Waals surface area contributed by atoms with Gasteiger partial charge in [0, 0.05) is 12.5 Å². The van der Waals surface area contributed by atoms with Gasteiger partial charge in [-0.25, -0.2) is 0 Å². The fourth-order valence-electron chi connectivity index (χ4n) is 2.53. The van der Waals surface area contributed by atoms with Crippen molar-refractivity contribution in [2.24, 2.45) is 5.92 Å². The Morgan fingerprint density at radius 2 is 2.16 bits per heavy atom. The molecule has 0 bridgehead atoms. The van der Waals surface area contributed by atoms with Crippen molar-refractivity contribution in [3.8, 4) is 0 Å². The highest BCUT2D eigenvalue weighted by molar-refractivity contribution is 5.84. The number of ether oxygens (including phenoxy) is 1. The molecule has 0 saturated carbocycles. The van der Waals surface area contributed by atoms with Crippen LogP contribution in [0.25, 0.3) is 0 Å². The lowest BCUT2D eigenvalue weighted by molar-refractivity contribution is -0.122. The number of nitrogens with one attached hydrogen (secondary N) is 1. The number of hydrogen-bond acceptors (Lipinski definition) is 3. The van der Waals surface area contributed by atoms with Gasteiger partial charge in [0.25, 0.3) is 0 Å². The molecule has 0 aliphatic carbocycles. The van der Waals surface area contributed by atoms with Crippen molar-refractivity contribution >= 4 is 5.78 Å². The van der Waals surface area contributed by atoms with Gasteiger partial charge in [0.2, 0.25) is 0 Å². The number of carbonyl (C=O) groups excluding carboxylic acids is 1. The zero-order valence-electron chi connectivity index (χ0n) is 11.8. The molecule has 0 amide bonds. The van der Waals surface area contributed by atoms with Gasteiger partial charge in [0.15, 0.2) is 0 Å². The summed E-state index contributed by atoms with van der Waals surface area (Å²) < 4.78 is 5.47. The molecule has 2 rings (SSSR count). The molecule has 1 N–H and O–H groups in total. The van der Waals surface area contributed by atoms with Gasteiger partial charge in [-0.1, -0.05) is 31.2 Å². The summed E-state index contributed by atoms with van der Waals surface area (Å²) in [5.41, 5.74) is 2.32. The molecule has 1 fully saturated rings. The molecular formula is C16H23NO2. The number of hydrogen-bond donors (Lipinski definition) is 1. The van der Waals surface area contributed by atoms with E-state index in [-0.39, 0.29) is 12.0 Å². The van der Waals surface area contributed by atoms with Gasteiger partial charge >= 0.3 is 0 Å². The standard InChI is InChI=1S/C16H23NO2/c1-3-8-17-15-11-19-10-14(15)16(18)9-13-7-5-4-6-12(13)2/h4-7,14-15,17H,3,8-11H2,1-2H3. The molecule has 2 atom stereocenters. The Morgan fingerprint density at radius 1 is 1.37 bits per heavy atom. The van der Waals surface area contributed by atoms with E-state index in [1.807, 2.05) is 18.2 Å². The smallest absolute Gasteiger partial charge is 0.144 e. The maximum absolute atomic E-state index is 12.4. The van der Waals surface area contributed by atoms with Crippen LogP contribution in [0.1, 0.15) is 24.5 Å². The van der Waals surface area contributed by atoms with Crippen LogP contribution in [-0.4, -0.2) is 31.6 Å². The second-order valence-corrected chi connectivity index (χ2v) is 5.27. The first kappa shape index (κ1) is 14.2. The van der Waals surface area contributed by atoms with Crippen molar-refractivity contribution in [1.82, 2.24) is 5.32 Å².